The van der Waals surface area contributed by atoms with Gasteiger partial charge in [0.1, 0.15) is 6.26 Å². The van der Waals surface area contributed by atoms with Gasteiger partial charge in [-0.25, -0.2) is 9.47 Å². The third-order valence-corrected chi connectivity index (χ3v) is 15.7. The number of aromatic nitrogens is 18. The van der Waals surface area contributed by atoms with Crippen LogP contribution in [0.2, 0.25) is 0 Å². The summed E-state index contributed by atoms with van der Waals surface area (Å²) in [5.41, 5.74) is 15.5. The molecule has 10 aromatic heterocycles. The fourth-order valence-corrected chi connectivity index (χ4v) is 10.4. The second-order valence-electron chi connectivity index (χ2n) is 22.2. The van der Waals surface area contributed by atoms with E-state index in [4.69, 9.17) is 4.52 Å². The van der Waals surface area contributed by atoms with Crippen molar-refractivity contribution in [3.63, 3.8) is 0 Å². The smallest absolute Gasteiger partial charge is 0.114 e. The zero-order valence-electron chi connectivity index (χ0n) is 61.5. The van der Waals surface area contributed by atoms with Crippen LogP contribution in [0.4, 0.5) is 0 Å². The second kappa shape index (κ2) is 54.9. The fraction of sp³-hybridized carbons (Fsp3) is 0.0111. The Morgan fingerprint density at radius 2 is 0.621 bits per heavy atom. The number of para-hydroxylation sites is 6. The van der Waals surface area contributed by atoms with Gasteiger partial charge in [0.05, 0.1) is 17.9 Å². The molecular weight excluding hydrogens is 2370 g/mol. The zero-order valence-corrected chi connectivity index (χ0v) is 75.1. The van der Waals surface area contributed by atoms with Gasteiger partial charge >= 0.3 is 0 Å². The number of hydrogen-bond donors (Lipinski definition) is 0. The predicted octanol–water partition coefficient (Wildman–Crippen LogP) is 18.7. The monoisotopic (exact) mass is 2450 g/mol. The van der Waals surface area contributed by atoms with Crippen molar-refractivity contribution < 1.29 is 105 Å². The molecule has 591 valence electrons. The fourth-order valence-electron chi connectivity index (χ4n) is 9.35. The van der Waals surface area contributed by atoms with Crippen molar-refractivity contribution in [2.75, 3.05) is 0 Å². The third-order valence-electron chi connectivity index (χ3n) is 14.5. The van der Waals surface area contributed by atoms with Crippen molar-refractivity contribution in [2.45, 2.75) is 0 Å². The molecule has 0 atom stereocenters. The quantitative estimate of drug-likeness (QED) is 0.118. The van der Waals surface area contributed by atoms with Crippen LogP contribution in [0.15, 0.2) is 399 Å². The van der Waals surface area contributed by atoms with Gasteiger partial charge in [-0.3, -0.25) is 33.1 Å². The minimum Gasteiger partial charge on any atom is -0.375 e. The van der Waals surface area contributed by atoms with Gasteiger partial charge < -0.3 is 4.52 Å². The van der Waals surface area contributed by atoms with Crippen LogP contribution in [-0.4, -0.2) is 88.2 Å². The first-order valence-electron chi connectivity index (χ1n) is 34.3. The summed E-state index contributed by atoms with van der Waals surface area (Å²) in [5.74, 6) is 0. The molecule has 0 spiro atoms. The molecule has 19 nitrogen and oxygen atoms in total. The van der Waals surface area contributed by atoms with Gasteiger partial charge in [-0.05, 0) is 81.6 Å². The molecule has 0 saturated heterocycles. The van der Waals surface area contributed by atoms with Crippen molar-refractivity contribution in [3.05, 3.63) is 455 Å². The molecule has 0 unspecified atom stereocenters. The molecule has 5 radical (unpaired) electrons. The molecule has 0 N–H and O–H groups in total. The van der Waals surface area contributed by atoms with Crippen molar-refractivity contribution in [2.24, 2.45) is 7.05 Å². The number of benzene rings is 10. The number of hydrogen-bond acceptors (Lipinski definition) is 14. The topological polar surface area (TPSA) is 189 Å². The summed E-state index contributed by atoms with van der Waals surface area (Å²) in [5, 5.41) is 40.3. The first-order valence-corrected chi connectivity index (χ1v) is 36.1. The standard InChI is InChI=1S/C10H9N2.5C9H7N2.C9H6NO.2C9H6NS.C8H6N3.5Ir/c1-12-8-7-10(11-12)9-5-3-2-4-6-9;5*1-2-5-9(6-3-1)11-8-4-7-10-11;1-2-4-8(5-3-1)9-6-7-11-10-9;1-2-4-8(5-3-1)9-6-11-7-10-9;1-2-4-8(5-3-1)9-6-7-11-10-9;1-2-4-8(5-3-1)11-9-6-7-10-11;;;;;/h2-5,7-8H,1H3;5*1-5,7-8H;4*1-4,6-7H;;;;;/q10*-1;;;;;. The summed E-state index contributed by atoms with van der Waals surface area (Å²) in [7, 11) is 1.91. The van der Waals surface area contributed by atoms with E-state index in [0.717, 1.165) is 79.2 Å². The zero-order chi connectivity index (χ0) is 76.1. The molecule has 0 aliphatic rings. The summed E-state index contributed by atoms with van der Waals surface area (Å²) < 4.78 is 19.6. The van der Waals surface area contributed by atoms with Gasteiger partial charge in [0.2, 0.25) is 0 Å². The van der Waals surface area contributed by atoms with E-state index >= 15 is 0 Å². The minimum atomic E-state index is 0. The summed E-state index contributed by atoms with van der Waals surface area (Å²) >= 11 is 3.07. The minimum absolute atomic E-state index is 0. The Balaban J connectivity index is 0.000000199. The molecule has 0 saturated carbocycles. The van der Waals surface area contributed by atoms with E-state index in [9.17, 15) is 0 Å². The molecule has 26 heteroatoms. The van der Waals surface area contributed by atoms with Crippen LogP contribution in [0.3, 0.4) is 0 Å². The molecule has 0 fully saturated rings. The summed E-state index contributed by atoms with van der Waals surface area (Å²) in [6, 6.07) is 123. The van der Waals surface area contributed by atoms with Crippen LogP contribution in [0, 0.1) is 60.7 Å². The Bertz CT molecular complexity index is 4550. The van der Waals surface area contributed by atoms with E-state index in [1.165, 1.54) is 16.3 Å². The molecule has 10 heterocycles. The molecule has 20 rings (SSSR count). The van der Waals surface area contributed by atoms with Crippen molar-refractivity contribution in [1.82, 2.24) is 88.2 Å². The normalized spacial score (nSPS) is 9.42. The number of nitrogens with zero attached hydrogens (tertiary/aromatic N) is 18. The number of thiazole rings is 1. The van der Waals surface area contributed by atoms with Crippen LogP contribution in [-0.2, 0) is 108 Å². The Hall–Kier alpha value is -11.7. The van der Waals surface area contributed by atoms with Crippen LogP contribution in [0.5, 0.6) is 0 Å². The maximum absolute atomic E-state index is 4.70. The van der Waals surface area contributed by atoms with Gasteiger partial charge in [0.25, 0.3) is 0 Å². The molecule has 0 aliphatic carbocycles. The van der Waals surface area contributed by atoms with Crippen molar-refractivity contribution in [3.8, 4) is 79.2 Å². The van der Waals surface area contributed by atoms with Crippen LogP contribution in [0.25, 0.3) is 79.2 Å². The number of aryl methyl sites for hydroxylation is 1. The van der Waals surface area contributed by atoms with Gasteiger partial charge in [0.15, 0.2) is 0 Å². The number of rotatable bonds is 10. The summed E-state index contributed by atoms with van der Waals surface area (Å²) in [6.45, 7) is 0. The SMILES string of the molecule is Cn1ccc(-c2[c-]cccc2)n1.[Ir].[Ir].[Ir].[Ir].[Ir].[c-]1ccccc1-c1ccon1.[c-]1ccccc1-c1ccsn1.[c-]1ccccc1-c1cscn1.[c-]1ccccc1-n1cccn1.[c-]1ccccc1-n1cccn1.[c-]1ccccc1-n1cccn1.[c-]1ccccc1-n1cccn1.[c-]1ccccc1-n1cccn1.[c-]1ccccc1-n1nccn1. The predicted molar refractivity (Wildman–Crippen MR) is 433 cm³/mol. The molecule has 20 aromatic rings. The van der Waals surface area contributed by atoms with Crippen molar-refractivity contribution in [1.29, 1.82) is 0 Å². The maximum atomic E-state index is 4.70. The van der Waals surface area contributed by atoms with E-state index in [1.54, 1.807) is 89.1 Å². The average Bonchev–Trinajstić information content (AvgIpc) is 1.74. The maximum Gasteiger partial charge on any atom is 0.114 e. The van der Waals surface area contributed by atoms with Crippen molar-refractivity contribution >= 4 is 22.9 Å². The Morgan fingerprint density at radius 3 is 0.879 bits per heavy atom. The summed E-state index contributed by atoms with van der Waals surface area (Å²) in [4.78, 5) is 5.70. The Kier molecular flexibility index (Phi) is 44.1. The third kappa shape index (κ3) is 32.3. The first kappa shape index (κ1) is 93.2. The van der Waals surface area contributed by atoms with Crippen LogP contribution < -0.4 is 0 Å². The van der Waals surface area contributed by atoms with Gasteiger partial charge in [-0.1, -0.05) is 23.7 Å². The van der Waals surface area contributed by atoms with Crippen LogP contribution >= 0.6 is 22.9 Å². The Morgan fingerprint density at radius 1 is 0.293 bits per heavy atom. The molecule has 116 heavy (non-hydrogen) atoms. The summed E-state index contributed by atoms with van der Waals surface area (Å²) in [6.07, 6.45) is 25.0. The van der Waals surface area contributed by atoms with Crippen LogP contribution in [0.1, 0.15) is 0 Å². The van der Waals surface area contributed by atoms with Gasteiger partial charge in [-0.15, -0.1) is 196 Å². The van der Waals surface area contributed by atoms with Gasteiger partial charge in [-0.2, -0.15) is 186 Å². The first-order chi connectivity index (χ1) is 55.1. The van der Waals surface area contributed by atoms with E-state index in [2.05, 4.69) is 116 Å². The van der Waals surface area contributed by atoms with Gasteiger partial charge in [0, 0.05) is 198 Å². The average molecular weight is 2440 g/mol. The second-order valence-corrected chi connectivity index (χ2v) is 23.6. The molecule has 10 aromatic carbocycles. The Labute approximate surface area is 750 Å². The molecule has 0 bridgehead atoms. The molecular formula is C90H68Ir5N18OS2-10. The van der Waals surface area contributed by atoms with E-state index < -0.39 is 0 Å². The van der Waals surface area contributed by atoms with E-state index in [-0.39, 0.29) is 101 Å². The molecule has 0 aliphatic heterocycles. The molecule has 0 amide bonds. The largest absolute Gasteiger partial charge is 0.375 e. The van der Waals surface area contributed by atoms with E-state index in [0.29, 0.717) is 0 Å². The van der Waals surface area contributed by atoms with E-state index in [1.807, 2.05) is 352 Å².